The van der Waals surface area contributed by atoms with Crippen molar-refractivity contribution in [3.8, 4) is 0 Å². The standard InChI is InChI=1S/C20H22FN3O3/c21-16-6-4-15(5-7-16)18-11-23(8-9-27-18)20(26)12-24-13-22-17(10-19(24)25)14-2-1-3-14/h4-7,10,13-14,18H,1-3,8-9,11-12H2. The first-order valence-corrected chi connectivity index (χ1v) is 9.31. The first kappa shape index (κ1) is 17.9. The second kappa shape index (κ2) is 7.60. The second-order valence-corrected chi connectivity index (χ2v) is 7.16. The van der Waals surface area contributed by atoms with Gasteiger partial charge in [0.1, 0.15) is 18.5 Å². The molecule has 7 heteroatoms. The SMILES string of the molecule is O=C(Cn1cnc(C2CCC2)cc1=O)N1CCOC(c2ccc(F)cc2)C1. The van der Waals surface area contributed by atoms with Crippen LogP contribution in [0.15, 0.2) is 41.5 Å². The molecular weight excluding hydrogens is 349 g/mol. The van der Waals surface area contributed by atoms with Crippen molar-refractivity contribution in [1.29, 1.82) is 0 Å². The number of amides is 1. The molecule has 1 atom stereocenters. The van der Waals surface area contributed by atoms with Gasteiger partial charge in [0.05, 0.1) is 25.2 Å². The zero-order valence-electron chi connectivity index (χ0n) is 15.0. The number of hydrogen-bond donors (Lipinski definition) is 0. The Morgan fingerprint density at radius 1 is 1.26 bits per heavy atom. The van der Waals surface area contributed by atoms with Crippen LogP contribution in [0.2, 0.25) is 0 Å². The maximum Gasteiger partial charge on any atom is 0.254 e. The molecule has 2 fully saturated rings. The average molecular weight is 371 g/mol. The Balaban J connectivity index is 1.41. The zero-order chi connectivity index (χ0) is 18.8. The van der Waals surface area contributed by atoms with E-state index < -0.39 is 0 Å². The highest BCUT2D eigenvalue weighted by Crippen LogP contribution is 2.34. The zero-order valence-corrected chi connectivity index (χ0v) is 15.0. The Kier molecular flexibility index (Phi) is 5.03. The van der Waals surface area contributed by atoms with Gasteiger partial charge in [-0.05, 0) is 30.5 Å². The molecule has 6 nitrogen and oxygen atoms in total. The first-order valence-electron chi connectivity index (χ1n) is 9.31. The van der Waals surface area contributed by atoms with E-state index in [2.05, 4.69) is 4.98 Å². The summed E-state index contributed by atoms with van der Waals surface area (Å²) in [5.41, 5.74) is 1.47. The Bertz CT molecular complexity index is 877. The predicted octanol–water partition coefficient (Wildman–Crippen LogP) is 2.25. The van der Waals surface area contributed by atoms with Gasteiger partial charge >= 0.3 is 0 Å². The third-order valence-corrected chi connectivity index (χ3v) is 5.39. The summed E-state index contributed by atoms with van der Waals surface area (Å²) in [5, 5.41) is 0. The third kappa shape index (κ3) is 3.93. The van der Waals surface area contributed by atoms with E-state index in [1.54, 1.807) is 23.1 Å². The number of rotatable bonds is 4. The fourth-order valence-corrected chi connectivity index (χ4v) is 3.49. The quantitative estimate of drug-likeness (QED) is 0.827. The van der Waals surface area contributed by atoms with Crippen LogP contribution in [0.5, 0.6) is 0 Å². The number of aromatic nitrogens is 2. The minimum absolute atomic E-state index is 0.0348. The van der Waals surface area contributed by atoms with Gasteiger partial charge in [0.25, 0.3) is 5.56 Å². The molecule has 2 aromatic rings. The van der Waals surface area contributed by atoms with Gasteiger partial charge in [0.2, 0.25) is 5.91 Å². The van der Waals surface area contributed by atoms with Crippen LogP contribution < -0.4 is 5.56 Å². The highest BCUT2D eigenvalue weighted by atomic mass is 19.1. The molecule has 1 amide bonds. The molecule has 1 saturated carbocycles. The summed E-state index contributed by atoms with van der Waals surface area (Å²) < 4.78 is 20.2. The highest BCUT2D eigenvalue weighted by molar-refractivity contribution is 5.76. The smallest absolute Gasteiger partial charge is 0.254 e. The summed E-state index contributed by atoms with van der Waals surface area (Å²) in [7, 11) is 0. The summed E-state index contributed by atoms with van der Waals surface area (Å²) in [5.74, 6) is -0.0656. The van der Waals surface area contributed by atoms with Gasteiger partial charge in [0, 0.05) is 18.5 Å². The molecule has 1 unspecified atom stereocenters. The Morgan fingerprint density at radius 2 is 2.04 bits per heavy atom. The molecule has 1 saturated heterocycles. The summed E-state index contributed by atoms with van der Waals surface area (Å²) in [6, 6.07) is 7.66. The van der Waals surface area contributed by atoms with Crippen LogP contribution in [-0.4, -0.2) is 40.1 Å². The minimum atomic E-state index is -0.306. The largest absolute Gasteiger partial charge is 0.370 e. The lowest BCUT2D eigenvalue weighted by molar-refractivity contribution is -0.139. The van der Waals surface area contributed by atoms with E-state index in [0.717, 1.165) is 24.1 Å². The molecule has 0 spiro atoms. The third-order valence-electron chi connectivity index (χ3n) is 5.39. The van der Waals surface area contributed by atoms with Crippen LogP contribution in [0.25, 0.3) is 0 Å². The Hall–Kier alpha value is -2.54. The van der Waals surface area contributed by atoms with Crippen molar-refractivity contribution in [3.05, 3.63) is 64.1 Å². The fraction of sp³-hybridized carbons (Fsp3) is 0.450. The normalized spacial score (nSPS) is 20.3. The van der Waals surface area contributed by atoms with Crippen molar-refractivity contribution in [3.63, 3.8) is 0 Å². The van der Waals surface area contributed by atoms with E-state index in [0.29, 0.717) is 25.6 Å². The van der Waals surface area contributed by atoms with E-state index in [9.17, 15) is 14.0 Å². The van der Waals surface area contributed by atoms with Crippen molar-refractivity contribution < 1.29 is 13.9 Å². The van der Waals surface area contributed by atoms with Crippen LogP contribution in [-0.2, 0) is 16.1 Å². The van der Waals surface area contributed by atoms with Crippen LogP contribution >= 0.6 is 0 Å². The lowest BCUT2D eigenvalue weighted by Gasteiger charge is -2.33. The van der Waals surface area contributed by atoms with Crippen LogP contribution in [0.3, 0.4) is 0 Å². The van der Waals surface area contributed by atoms with Gasteiger partial charge in [-0.15, -0.1) is 0 Å². The molecule has 1 aliphatic heterocycles. The molecule has 4 rings (SSSR count). The van der Waals surface area contributed by atoms with Gasteiger partial charge in [-0.2, -0.15) is 0 Å². The van der Waals surface area contributed by atoms with Crippen molar-refractivity contribution >= 4 is 5.91 Å². The Labute approximate surface area is 156 Å². The molecule has 0 N–H and O–H groups in total. The van der Waals surface area contributed by atoms with Gasteiger partial charge in [-0.25, -0.2) is 9.37 Å². The number of nitrogens with zero attached hydrogens (tertiary/aromatic N) is 3. The molecule has 2 aliphatic rings. The number of morpholine rings is 1. The minimum Gasteiger partial charge on any atom is -0.370 e. The maximum absolute atomic E-state index is 13.1. The van der Waals surface area contributed by atoms with Crippen LogP contribution in [0.4, 0.5) is 4.39 Å². The molecule has 0 bridgehead atoms. The fourth-order valence-electron chi connectivity index (χ4n) is 3.49. The monoisotopic (exact) mass is 371 g/mol. The molecule has 1 aliphatic carbocycles. The van der Waals surface area contributed by atoms with E-state index >= 15 is 0 Å². The first-order chi connectivity index (χ1) is 13.1. The van der Waals surface area contributed by atoms with Crippen molar-refractivity contribution in [2.24, 2.45) is 0 Å². The van der Waals surface area contributed by atoms with E-state index in [1.807, 2.05) is 0 Å². The number of halogens is 1. The summed E-state index contributed by atoms with van der Waals surface area (Å²) in [6.45, 7) is 1.22. The van der Waals surface area contributed by atoms with Gasteiger partial charge in [-0.3, -0.25) is 14.2 Å². The molecule has 27 heavy (non-hydrogen) atoms. The Morgan fingerprint density at radius 3 is 2.70 bits per heavy atom. The predicted molar refractivity (Wildman–Crippen MR) is 96.8 cm³/mol. The van der Waals surface area contributed by atoms with E-state index in [4.69, 9.17) is 4.74 Å². The van der Waals surface area contributed by atoms with Crippen molar-refractivity contribution in [2.45, 2.75) is 37.8 Å². The summed E-state index contributed by atoms with van der Waals surface area (Å²) >= 11 is 0. The van der Waals surface area contributed by atoms with Gasteiger partial charge in [0.15, 0.2) is 0 Å². The molecule has 142 valence electrons. The maximum atomic E-state index is 13.1. The van der Waals surface area contributed by atoms with Gasteiger partial charge < -0.3 is 9.64 Å². The van der Waals surface area contributed by atoms with Crippen molar-refractivity contribution in [1.82, 2.24) is 14.5 Å². The number of carbonyl (C=O) groups excluding carboxylic acids is 1. The van der Waals surface area contributed by atoms with E-state index in [1.165, 1.54) is 29.4 Å². The number of benzene rings is 1. The lowest BCUT2D eigenvalue weighted by atomic mass is 9.83. The van der Waals surface area contributed by atoms with Crippen molar-refractivity contribution in [2.75, 3.05) is 19.7 Å². The molecule has 1 aromatic carbocycles. The van der Waals surface area contributed by atoms with Crippen LogP contribution in [0.1, 0.15) is 42.5 Å². The number of hydrogen-bond acceptors (Lipinski definition) is 4. The number of carbonyl (C=O) groups is 1. The van der Waals surface area contributed by atoms with Gasteiger partial charge in [-0.1, -0.05) is 18.6 Å². The highest BCUT2D eigenvalue weighted by Gasteiger charge is 2.26. The molecular formula is C20H22FN3O3. The van der Waals surface area contributed by atoms with Crippen LogP contribution in [0, 0.1) is 5.82 Å². The van der Waals surface area contributed by atoms with E-state index in [-0.39, 0.29) is 29.9 Å². The number of ether oxygens (including phenoxy) is 1. The average Bonchev–Trinajstić information content (AvgIpc) is 2.63. The molecule has 2 heterocycles. The topological polar surface area (TPSA) is 64.4 Å². The molecule has 1 aromatic heterocycles. The lowest BCUT2D eigenvalue weighted by Crippen LogP contribution is -2.44. The summed E-state index contributed by atoms with van der Waals surface area (Å²) in [6.07, 6.45) is 4.52. The second-order valence-electron chi connectivity index (χ2n) is 7.16. The summed E-state index contributed by atoms with van der Waals surface area (Å²) in [4.78, 5) is 31.0. The molecule has 0 radical (unpaired) electrons.